The van der Waals surface area contributed by atoms with Crippen molar-refractivity contribution < 1.29 is 22.7 Å². The van der Waals surface area contributed by atoms with Gasteiger partial charge in [0.05, 0.1) is 11.6 Å². The number of rotatable bonds is 2. The van der Waals surface area contributed by atoms with Crippen LogP contribution in [0.4, 0.5) is 17.6 Å². The minimum atomic E-state index is -3.03. The highest BCUT2D eigenvalue weighted by molar-refractivity contribution is 5.36. The normalized spacial score (nSPS) is 13.3. The standard InChI is InChI=1S/C8H7F4NO/c9-3-1-4(10)6(5(14)2-3)7(13)8(11)12/h1-2,7-8,14H,13H2. The van der Waals surface area contributed by atoms with E-state index in [0.29, 0.717) is 12.1 Å². The van der Waals surface area contributed by atoms with Crippen molar-refractivity contribution in [2.45, 2.75) is 12.5 Å². The summed E-state index contributed by atoms with van der Waals surface area (Å²) in [5.74, 6) is -3.24. The number of phenols is 1. The Hall–Kier alpha value is -1.30. The highest BCUT2D eigenvalue weighted by Gasteiger charge is 2.25. The van der Waals surface area contributed by atoms with Crippen LogP contribution in [0.5, 0.6) is 5.75 Å². The average Bonchev–Trinajstić information content (AvgIpc) is 2.01. The molecule has 0 aliphatic heterocycles. The molecule has 1 aromatic carbocycles. The number of halogens is 4. The van der Waals surface area contributed by atoms with Crippen LogP contribution in [0.25, 0.3) is 0 Å². The summed E-state index contributed by atoms with van der Waals surface area (Å²) in [6.45, 7) is 0. The molecule has 0 fully saturated rings. The summed E-state index contributed by atoms with van der Waals surface area (Å²) in [7, 11) is 0. The zero-order valence-electron chi connectivity index (χ0n) is 6.85. The SMILES string of the molecule is NC(c1c(O)cc(F)cc1F)C(F)F. The second-order valence-corrected chi connectivity index (χ2v) is 2.68. The number of phenolic OH excluding ortho intramolecular Hbond substituents is 1. The molecule has 0 amide bonds. The predicted molar refractivity (Wildman–Crippen MR) is 41.0 cm³/mol. The fourth-order valence-electron chi connectivity index (χ4n) is 1.03. The largest absolute Gasteiger partial charge is 0.507 e. The maximum Gasteiger partial charge on any atom is 0.257 e. The number of hydrogen-bond acceptors (Lipinski definition) is 2. The first kappa shape index (κ1) is 10.8. The second kappa shape index (κ2) is 3.83. The maximum atomic E-state index is 12.9. The van der Waals surface area contributed by atoms with Gasteiger partial charge in [0.1, 0.15) is 17.4 Å². The third-order valence-corrected chi connectivity index (χ3v) is 1.68. The highest BCUT2D eigenvalue weighted by Crippen LogP contribution is 2.30. The minimum absolute atomic E-state index is 0.386. The van der Waals surface area contributed by atoms with E-state index in [1.54, 1.807) is 0 Å². The topological polar surface area (TPSA) is 46.2 Å². The molecule has 0 aliphatic rings. The molecule has 0 aliphatic carbocycles. The summed E-state index contributed by atoms with van der Waals surface area (Å²) in [6.07, 6.45) is -3.03. The van der Waals surface area contributed by atoms with Crippen molar-refractivity contribution in [1.82, 2.24) is 0 Å². The van der Waals surface area contributed by atoms with Gasteiger partial charge in [0, 0.05) is 12.1 Å². The molecule has 0 heterocycles. The Bertz CT molecular complexity index is 319. The Kier molecular flexibility index (Phi) is 2.95. The first-order valence-electron chi connectivity index (χ1n) is 3.65. The molecule has 1 atom stereocenters. The lowest BCUT2D eigenvalue weighted by molar-refractivity contribution is 0.113. The van der Waals surface area contributed by atoms with E-state index in [2.05, 4.69) is 0 Å². The van der Waals surface area contributed by atoms with Crippen LogP contribution in [0.1, 0.15) is 11.6 Å². The van der Waals surface area contributed by atoms with Gasteiger partial charge < -0.3 is 10.8 Å². The molecule has 14 heavy (non-hydrogen) atoms. The Morgan fingerprint density at radius 2 is 1.79 bits per heavy atom. The first-order valence-corrected chi connectivity index (χ1v) is 3.65. The van der Waals surface area contributed by atoms with Crippen molar-refractivity contribution >= 4 is 0 Å². The molecule has 0 saturated heterocycles. The molecular weight excluding hydrogens is 202 g/mol. The Morgan fingerprint density at radius 3 is 2.21 bits per heavy atom. The van der Waals surface area contributed by atoms with Crippen LogP contribution in [-0.4, -0.2) is 11.5 Å². The molecule has 78 valence electrons. The van der Waals surface area contributed by atoms with Crippen LogP contribution in [0, 0.1) is 11.6 Å². The zero-order chi connectivity index (χ0) is 10.9. The van der Waals surface area contributed by atoms with E-state index in [1.807, 2.05) is 0 Å². The molecule has 0 saturated carbocycles. The maximum absolute atomic E-state index is 12.9. The summed E-state index contributed by atoms with van der Waals surface area (Å²) >= 11 is 0. The predicted octanol–water partition coefficient (Wildman–Crippen LogP) is 1.94. The Morgan fingerprint density at radius 1 is 1.21 bits per heavy atom. The highest BCUT2D eigenvalue weighted by atomic mass is 19.3. The Labute approximate surface area is 77.0 Å². The van der Waals surface area contributed by atoms with Gasteiger partial charge >= 0.3 is 0 Å². The van der Waals surface area contributed by atoms with Crippen molar-refractivity contribution in [3.05, 3.63) is 29.3 Å². The van der Waals surface area contributed by atoms with E-state index in [1.165, 1.54) is 0 Å². The molecule has 1 aromatic rings. The smallest absolute Gasteiger partial charge is 0.257 e. The van der Waals surface area contributed by atoms with Crippen LogP contribution >= 0.6 is 0 Å². The third kappa shape index (κ3) is 1.95. The summed E-state index contributed by atoms with van der Waals surface area (Å²) < 4.78 is 49.5. The lowest BCUT2D eigenvalue weighted by Crippen LogP contribution is -2.20. The fourth-order valence-corrected chi connectivity index (χ4v) is 1.03. The summed E-state index contributed by atoms with van der Waals surface area (Å²) in [5, 5.41) is 9.00. The number of hydrogen-bond donors (Lipinski definition) is 2. The van der Waals surface area contributed by atoms with Gasteiger partial charge in [-0.25, -0.2) is 17.6 Å². The molecule has 0 spiro atoms. The molecule has 1 unspecified atom stereocenters. The van der Waals surface area contributed by atoms with E-state index in [-0.39, 0.29) is 0 Å². The fraction of sp³-hybridized carbons (Fsp3) is 0.250. The van der Waals surface area contributed by atoms with Gasteiger partial charge in [-0.2, -0.15) is 0 Å². The van der Waals surface area contributed by atoms with E-state index in [4.69, 9.17) is 10.8 Å². The van der Waals surface area contributed by atoms with Gasteiger partial charge in [-0.05, 0) is 0 Å². The van der Waals surface area contributed by atoms with Crippen molar-refractivity contribution in [2.24, 2.45) is 5.73 Å². The van der Waals surface area contributed by atoms with E-state index in [0.717, 1.165) is 0 Å². The van der Waals surface area contributed by atoms with Crippen LogP contribution in [0.2, 0.25) is 0 Å². The minimum Gasteiger partial charge on any atom is -0.507 e. The van der Waals surface area contributed by atoms with Crippen molar-refractivity contribution in [1.29, 1.82) is 0 Å². The van der Waals surface area contributed by atoms with Gasteiger partial charge in [-0.3, -0.25) is 0 Å². The third-order valence-electron chi connectivity index (χ3n) is 1.68. The summed E-state index contributed by atoms with van der Waals surface area (Å²) in [5.41, 5.74) is 4.14. The van der Waals surface area contributed by atoms with Crippen molar-refractivity contribution in [3.63, 3.8) is 0 Å². The number of nitrogens with two attached hydrogens (primary N) is 1. The lowest BCUT2D eigenvalue weighted by atomic mass is 10.1. The number of alkyl halides is 2. The summed E-state index contributed by atoms with van der Waals surface area (Å²) in [4.78, 5) is 0. The molecular formula is C8H7F4NO. The first-order chi connectivity index (χ1) is 6.43. The Balaban J connectivity index is 3.20. The van der Waals surface area contributed by atoms with Crippen molar-refractivity contribution in [3.8, 4) is 5.75 Å². The molecule has 0 aromatic heterocycles. The van der Waals surface area contributed by atoms with Crippen LogP contribution < -0.4 is 5.73 Å². The molecule has 6 heteroatoms. The van der Waals surface area contributed by atoms with Crippen LogP contribution in [-0.2, 0) is 0 Å². The van der Waals surface area contributed by atoms with Gasteiger partial charge in [0.25, 0.3) is 6.43 Å². The molecule has 0 radical (unpaired) electrons. The second-order valence-electron chi connectivity index (χ2n) is 2.68. The van der Waals surface area contributed by atoms with E-state index >= 15 is 0 Å². The zero-order valence-corrected chi connectivity index (χ0v) is 6.85. The molecule has 1 rings (SSSR count). The van der Waals surface area contributed by atoms with E-state index in [9.17, 15) is 17.6 Å². The molecule has 0 bridgehead atoms. The van der Waals surface area contributed by atoms with Gasteiger partial charge in [-0.1, -0.05) is 0 Å². The van der Waals surface area contributed by atoms with Crippen LogP contribution in [0.15, 0.2) is 12.1 Å². The van der Waals surface area contributed by atoms with Gasteiger partial charge in [0.2, 0.25) is 0 Å². The lowest BCUT2D eigenvalue weighted by Gasteiger charge is -2.13. The van der Waals surface area contributed by atoms with Crippen LogP contribution in [0.3, 0.4) is 0 Å². The van der Waals surface area contributed by atoms with Crippen molar-refractivity contribution in [2.75, 3.05) is 0 Å². The molecule has 3 N–H and O–H groups in total. The quantitative estimate of drug-likeness (QED) is 0.731. The van der Waals surface area contributed by atoms with E-state index < -0.39 is 35.4 Å². The average molecular weight is 209 g/mol. The molecule has 2 nitrogen and oxygen atoms in total. The van der Waals surface area contributed by atoms with Gasteiger partial charge in [0.15, 0.2) is 0 Å². The monoisotopic (exact) mass is 209 g/mol. The number of aromatic hydroxyl groups is 1. The van der Waals surface area contributed by atoms with Gasteiger partial charge in [-0.15, -0.1) is 0 Å². The summed E-state index contributed by atoms with van der Waals surface area (Å²) in [6, 6.07) is -1.05. The number of benzene rings is 1.